The van der Waals surface area contributed by atoms with Crippen molar-refractivity contribution in [1.29, 1.82) is 0 Å². The number of nitrogens with zero attached hydrogens (tertiary/aromatic N) is 3. The highest BCUT2D eigenvalue weighted by Gasteiger charge is 2.55. The van der Waals surface area contributed by atoms with Gasteiger partial charge in [-0.05, 0) is 42.7 Å². The normalized spacial score (nSPS) is 24.8. The van der Waals surface area contributed by atoms with Gasteiger partial charge in [-0.15, -0.1) is 0 Å². The van der Waals surface area contributed by atoms with Crippen LogP contribution in [-0.4, -0.2) is 89.2 Å². The number of rotatable bonds is 15. The third-order valence-electron chi connectivity index (χ3n) is 11.7. The highest BCUT2D eigenvalue weighted by molar-refractivity contribution is 6.37. The molecule has 1 aliphatic carbocycles. The Bertz CT molecular complexity index is 1520. The number of Topliss-reactive ketones (excluding diaryl/α,β-unsaturated/α-hetero) is 3. The number of ether oxygens (including phenoxy) is 1. The minimum Gasteiger partial charge on any atom is -0.387 e. The molecular weight excluding hydrogens is 682 g/mol. The van der Waals surface area contributed by atoms with Crippen LogP contribution in [0.25, 0.3) is 0 Å². The molecule has 3 fully saturated rings. The lowest BCUT2D eigenvalue weighted by molar-refractivity contribution is -0.149. The number of methoxy groups -OCH3 is 1. The van der Waals surface area contributed by atoms with Crippen molar-refractivity contribution in [3.05, 3.63) is 34.9 Å². The van der Waals surface area contributed by atoms with E-state index >= 15 is 0 Å². The molecule has 1 spiro atoms. The Morgan fingerprint density at radius 2 is 1.79 bits per heavy atom. The molecule has 1 saturated carbocycles. The zero-order chi connectivity index (χ0) is 37.6. The number of likely N-dealkylation sites (tertiary alicyclic amines) is 2. The van der Waals surface area contributed by atoms with Gasteiger partial charge in [-0.2, -0.15) is 0 Å². The molecule has 3 heterocycles. The van der Waals surface area contributed by atoms with E-state index in [2.05, 4.69) is 5.16 Å². The molecule has 2 saturated heterocycles. The molecule has 2 amide bonds. The Kier molecular flexibility index (Phi) is 13.4. The molecule has 5 atom stereocenters. The number of hydrogen-bond donors (Lipinski definition) is 0. The number of carbonyl (C=O) groups is 5. The predicted molar refractivity (Wildman–Crippen MR) is 200 cm³/mol. The quantitative estimate of drug-likeness (QED) is 0.178. The van der Waals surface area contributed by atoms with Crippen molar-refractivity contribution < 1.29 is 33.5 Å². The number of carbonyl (C=O) groups excluding carboxylic acids is 5. The monoisotopic (exact) mass is 739 g/mol. The van der Waals surface area contributed by atoms with Crippen molar-refractivity contribution in [2.24, 2.45) is 28.3 Å². The first-order chi connectivity index (χ1) is 24.7. The fourth-order valence-electron chi connectivity index (χ4n) is 8.83. The van der Waals surface area contributed by atoms with Gasteiger partial charge in [0.25, 0.3) is 5.91 Å². The first kappa shape index (κ1) is 40.1. The largest absolute Gasteiger partial charge is 0.387 e. The molecule has 1 aromatic rings. The summed E-state index contributed by atoms with van der Waals surface area (Å²) < 4.78 is 5.31. The van der Waals surface area contributed by atoms with E-state index in [1.165, 1.54) is 6.42 Å². The number of amides is 2. The lowest BCUT2D eigenvalue weighted by atomic mass is 9.75. The van der Waals surface area contributed by atoms with Gasteiger partial charge in [-0.3, -0.25) is 24.0 Å². The van der Waals surface area contributed by atoms with E-state index in [4.69, 9.17) is 21.2 Å². The van der Waals surface area contributed by atoms with Crippen LogP contribution in [0.3, 0.4) is 0 Å². The van der Waals surface area contributed by atoms with Gasteiger partial charge in [-0.25, -0.2) is 0 Å². The summed E-state index contributed by atoms with van der Waals surface area (Å²) in [7, 11) is 1.58. The van der Waals surface area contributed by atoms with Crippen LogP contribution in [0.4, 0.5) is 0 Å². The summed E-state index contributed by atoms with van der Waals surface area (Å²) in [6.45, 7) is 8.79. The van der Waals surface area contributed by atoms with Crippen LogP contribution >= 0.6 is 11.6 Å². The third-order valence-corrected chi connectivity index (χ3v) is 12.0. The minimum absolute atomic E-state index is 0.0847. The van der Waals surface area contributed by atoms with Crippen LogP contribution in [0.2, 0.25) is 5.02 Å². The van der Waals surface area contributed by atoms with E-state index in [-0.39, 0.29) is 49.3 Å². The maximum Gasteiger partial charge on any atom is 0.290 e. The van der Waals surface area contributed by atoms with Gasteiger partial charge >= 0.3 is 0 Å². The highest BCUT2D eigenvalue weighted by Crippen LogP contribution is 2.43. The molecule has 52 heavy (non-hydrogen) atoms. The first-order valence-electron chi connectivity index (χ1n) is 19.4. The fourth-order valence-corrected chi connectivity index (χ4v) is 9.02. The van der Waals surface area contributed by atoms with Gasteiger partial charge in [0.15, 0.2) is 11.4 Å². The van der Waals surface area contributed by atoms with Crippen molar-refractivity contribution in [2.45, 2.75) is 135 Å². The smallest absolute Gasteiger partial charge is 0.290 e. The molecule has 5 rings (SSSR count). The molecule has 1 aromatic carbocycles. The number of halogens is 1. The van der Waals surface area contributed by atoms with Gasteiger partial charge in [0, 0.05) is 68.2 Å². The van der Waals surface area contributed by atoms with Gasteiger partial charge < -0.3 is 19.4 Å². The second kappa shape index (κ2) is 17.4. The Morgan fingerprint density at radius 1 is 1.04 bits per heavy atom. The Balaban J connectivity index is 1.39. The number of ketones is 3. The molecule has 0 N–H and O–H groups in total. The third kappa shape index (κ3) is 9.51. The zero-order valence-corrected chi connectivity index (χ0v) is 32.6. The summed E-state index contributed by atoms with van der Waals surface area (Å²) in [5.41, 5.74) is -0.0216. The Morgan fingerprint density at radius 3 is 2.46 bits per heavy atom. The molecule has 10 nitrogen and oxygen atoms in total. The fraction of sp³-hybridized carbons (Fsp3) is 0.707. The van der Waals surface area contributed by atoms with Crippen molar-refractivity contribution >= 4 is 46.5 Å². The average molecular weight is 740 g/mol. The SMILES string of the molecule is CCC[C@H](CC(=O)[C@@H]1C[C@]2(CC(c3cccc(Cl)c3)=NO2)CN1C(=O)[C@@H](CC(=O)CC1CCCCC1)C(C)(C)C)C(=O)C(=O)N1CCC[C@@H]1COC. The molecule has 3 aliphatic heterocycles. The maximum atomic E-state index is 14.8. The summed E-state index contributed by atoms with van der Waals surface area (Å²) in [4.78, 5) is 79.5. The molecule has 0 bridgehead atoms. The van der Waals surface area contributed by atoms with Gasteiger partial charge in [0.1, 0.15) is 5.78 Å². The van der Waals surface area contributed by atoms with Gasteiger partial charge in [0.2, 0.25) is 11.7 Å². The maximum absolute atomic E-state index is 14.8. The van der Waals surface area contributed by atoms with Crippen LogP contribution in [0.5, 0.6) is 0 Å². The molecule has 4 aliphatic rings. The second-order valence-corrected chi connectivity index (χ2v) is 17.3. The van der Waals surface area contributed by atoms with Crippen LogP contribution < -0.4 is 0 Å². The van der Waals surface area contributed by atoms with Crippen molar-refractivity contribution in [3.63, 3.8) is 0 Å². The van der Waals surface area contributed by atoms with Crippen molar-refractivity contribution in [1.82, 2.24) is 9.80 Å². The predicted octanol–water partition coefficient (Wildman–Crippen LogP) is 6.98. The summed E-state index contributed by atoms with van der Waals surface area (Å²) in [5.74, 6) is -2.67. The average Bonchev–Trinajstić information content (AvgIpc) is 3.85. The van der Waals surface area contributed by atoms with E-state index in [1.54, 1.807) is 23.0 Å². The summed E-state index contributed by atoms with van der Waals surface area (Å²) in [6, 6.07) is 6.28. The van der Waals surface area contributed by atoms with Crippen LogP contribution in [0, 0.1) is 23.2 Å². The van der Waals surface area contributed by atoms with E-state index in [9.17, 15) is 24.0 Å². The van der Waals surface area contributed by atoms with Crippen LogP contribution in [0.1, 0.15) is 123 Å². The Labute approximate surface area is 314 Å². The van der Waals surface area contributed by atoms with Crippen molar-refractivity contribution in [3.8, 4) is 0 Å². The highest BCUT2D eigenvalue weighted by atomic mass is 35.5. The van der Waals surface area contributed by atoms with Gasteiger partial charge in [-0.1, -0.05) is 95.1 Å². The van der Waals surface area contributed by atoms with Crippen molar-refractivity contribution in [2.75, 3.05) is 26.8 Å². The van der Waals surface area contributed by atoms with Crippen LogP contribution in [-0.2, 0) is 33.5 Å². The van der Waals surface area contributed by atoms with E-state index in [1.807, 2.05) is 45.9 Å². The van der Waals surface area contributed by atoms with E-state index in [0.29, 0.717) is 55.5 Å². The second-order valence-electron chi connectivity index (χ2n) is 16.8. The standard InChI is InChI=1S/C41H58ClN3O7/c1-6-12-29(37(48)39(50)44-18-11-17-31(44)25-51-5)21-36(47)35-24-41(23-34(43-52-41)28-15-10-16-30(42)20-28)26-45(35)38(49)33(40(2,3)4)22-32(46)19-27-13-8-7-9-14-27/h10,15-16,20,27,29,31,33,35H,6-9,11-14,17-19,21-26H2,1-5H3/t29-,31-,33-,35+,41-/m1/s1. The number of hydrogen-bond acceptors (Lipinski definition) is 8. The molecule has 11 heteroatoms. The Hall–Kier alpha value is -3.11. The zero-order valence-electron chi connectivity index (χ0n) is 31.8. The lowest BCUT2D eigenvalue weighted by Gasteiger charge is -2.35. The number of benzene rings is 1. The van der Waals surface area contributed by atoms with Crippen LogP contribution in [0.15, 0.2) is 29.4 Å². The lowest BCUT2D eigenvalue weighted by Crippen LogP contribution is -2.49. The summed E-state index contributed by atoms with van der Waals surface area (Å²) in [5, 5.41) is 4.99. The molecular formula is C41H58ClN3O7. The molecule has 0 aromatic heterocycles. The molecule has 0 unspecified atom stereocenters. The molecule has 286 valence electrons. The molecule has 0 radical (unpaired) electrons. The summed E-state index contributed by atoms with van der Waals surface area (Å²) >= 11 is 6.29. The number of oxime groups is 1. The first-order valence-corrected chi connectivity index (χ1v) is 19.8. The van der Waals surface area contributed by atoms with E-state index < -0.39 is 40.6 Å². The van der Waals surface area contributed by atoms with Gasteiger partial charge in [0.05, 0.1) is 30.9 Å². The summed E-state index contributed by atoms with van der Waals surface area (Å²) in [6.07, 6.45) is 9.11. The minimum atomic E-state index is -0.953. The van der Waals surface area contributed by atoms with E-state index in [0.717, 1.165) is 44.1 Å². The topological polar surface area (TPSA) is 123 Å².